The maximum atomic E-state index is 13.3. The summed E-state index contributed by atoms with van der Waals surface area (Å²) in [6, 6.07) is 4.41. The van der Waals surface area contributed by atoms with E-state index in [0.29, 0.717) is 42.3 Å². The number of anilines is 1. The minimum atomic E-state index is -0.480. The molecule has 0 bridgehead atoms. The molecule has 2 amide bonds. The number of halogens is 2. The summed E-state index contributed by atoms with van der Waals surface area (Å²) in [5.41, 5.74) is 1.33. The first-order valence-corrected chi connectivity index (χ1v) is 10.1. The molecule has 5 nitrogen and oxygen atoms in total. The van der Waals surface area contributed by atoms with Gasteiger partial charge in [-0.1, -0.05) is 25.4 Å². The zero-order chi connectivity index (χ0) is 19.6. The number of benzene rings is 1. The Labute approximate surface area is 166 Å². The first-order valence-electron chi connectivity index (χ1n) is 8.85. The fraction of sp³-hybridized carbons (Fsp3) is 0.421. The van der Waals surface area contributed by atoms with Gasteiger partial charge in [-0.15, -0.1) is 11.3 Å². The van der Waals surface area contributed by atoms with Crippen molar-refractivity contribution in [3.8, 4) is 11.3 Å². The summed E-state index contributed by atoms with van der Waals surface area (Å²) in [4.78, 5) is 30.8. The van der Waals surface area contributed by atoms with Crippen molar-refractivity contribution in [2.45, 2.75) is 26.7 Å². The molecule has 0 radical (unpaired) electrons. The Balaban J connectivity index is 1.58. The fourth-order valence-electron chi connectivity index (χ4n) is 3.05. The lowest BCUT2D eigenvalue weighted by Crippen LogP contribution is -2.43. The van der Waals surface area contributed by atoms with Crippen molar-refractivity contribution in [3.05, 3.63) is 34.4 Å². The van der Waals surface area contributed by atoms with Crippen molar-refractivity contribution in [2.75, 3.05) is 18.4 Å². The van der Waals surface area contributed by atoms with Crippen molar-refractivity contribution in [1.82, 2.24) is 9.88 Å². The Morgan fingerprint density at radius 3 is 2.67 bits per heavy atom. The van der Waals surface area contributed by atoms with E-state index < -0.39 is 5.82 Å². The number of hydrogen-bond acceptors (Lipinski definition) is 4. The second-order valence-electron chi connectivity index (χ2n) is 6.91. The van der Waals surface area contributed by atoms with Crippen LogP contribution in [0.3, 0.4) is 0 Å². The van der Waals surface area contributed by atoms with Gasteiger partial charge in [0.2, 0.25) is 11.8 Å². The van der Waals surface area contributed by atoms with Crippen LogP contribution in [-0.4, -0.2) is 34.8 Å². The molecule has 27 heavy (non-hydrogen) atoms. The molecule has 0 aliphatic carbocycles. The van der Waals surface area contributed by atoms with Crippen LogP contribution in [0.2, 0.25) is 5.02 Å². The summed E-state index contributed by atoms with van der Waals surface area (Å²) >= 11 is 7.12. The van der Waals surface area contributed by atoms with Gasteiger partial charge in [0.05, 0.1) is 10.7 Å². The molecule has 1 N–H and O–H groups in total. The van der Waals surface area contributed by atoms with Crippen LogP contribution in [0.5, 0.6) is 0 Å². The third kappa shape index (κ3) is 4.65. The number of rotatable bonds is 4. The van der Waals surface area contributed by atoms with Gasteiger partial charge in [0.25, 0.3) is 0 Å². The molecule has 2 aromatic rings. The van der Waals surface area contributed by atoms with Crippen LogP contribution in [0.4, 0.5) is 9.52 Å². The molecule has 144 valence electrons. The van der Waals surface area contributed by atoms with Gasteiger partial charge in [-0.05, 0) is 31.0 Å². The molecule has 0 saturated carbocycles. The molecular formula is C19H21ClFN3O2S. The number of likely N-dealkylation sites (tertiary alicyclic amines) is 1. The molecule has 1 aliphatic rings. The number of amides is 2. The molecule has 1 aromatic heterocycles. The minimum Gasteiger partial charge on any atom is -0.342 e. The number of hydrogen-bond donors (Lipinski definition) is 1. The Morgan fingerprint density at radius 2 is 2.04 bits per heavy atom. The van der Waals surface area contributed by atoms with Crippen LogP contribution >= 0.6 is 22.9 Å². The zero-order valence-corrected chi connectivity index (χ0v) is 16.7. The van der Waals surface area contributed by atoms with Crippen LogP contribution in [0.1, 0.15) is 26.7 Å². The van der Waals surface area contributed by atoms with Gasteiger partial charge in [-0.25, -0.2) is 9.37 Å². The van der Waals surface area contributed by atoms with E-state index in [1.165, 1.54) is 23.5 Å². The summed E-state index contributed by atoms with van der Waals surface area (Å²) in [5.74, 6) is -0.578. The lowest BCUT2D eigenvalue weighted by molar-refractivity contribution is -0.137. The highest BCUT2D eigenvalue weighted by Crippen LogP contribution is 2.29. The van der Waals surface area contributed by atoms with Gasteiger partial charge in [-0.3, -0.25) is 9.59 Å². The average Bonchev–Trinajstić information content (AvgIpc) is 3.11. The third-order valence-electron chi connectivity index (χ3n) is 4.62. The lowest BCUT2D eigenvalue weighted by atomic mass is 9.95. The first-order chi connectivity index (χ1) is 12.8. The predicted octanol–water partition coefficient (Wildman–Crippen LogP) is 4.44. The number of carbonyl (C=O) groups excluding carboxylic acids is 2. The number of thiazole rings is 1. The standard InChI is InChI=1S/C19H21ClFN3O2S/c1-11(2)18(26)24-7-5-12(6-8-24)17(25)23-19-22-16(10-27-19)13-3-4-15(21)14(20)9-13/h3-4,9-12H,5-8H2,1-2H3,(H,22,23,25). The maximum Gasteiger partial charge on any atom is 0.229 e. The summed E-state index contributed by atoms with van der Waals surface area (Å²) in [5, 5.41) is 5.18. The van der Waals surface area contributed by atoms with E-state index in [0.717, 1.165) is 0 Å². The van der Waals surface area contributed by atoms with E-state index in [9.17, 15) is 14.0 Å². The molecule has 8 heteroatoms. The van der Waals surface area contributed by atoms with E-state index in [1.54, 1.807) is 11.4 Å². The van der Waals surface area contributed by atoms with E-state index in [4.69, 9.17) is 11.6 Å². The van der Waals surface area contributed by atoms with Gasteiger partial charge in [0, 0.05) is 35.9 Å². The Bertz CT molecular complexity index is 847. The van der Waals surface area contributed by atoms with Crippen molar-refractivity contribution < 1.29 is 14.0 Å². The van der Waals surface area contributed by atoms with Crippen LogP contribution in [0.25, 0.3) is 11.3 Å². The van der Waals surface area contributed by atoms with Crippen LogP contribution < -0.4 is 5.32 Å². The molecule has 0 spiro atoms. The molecule has 1 saturated heterocycles. The summed E-state index contributed by atoms with van der Waals surface area (Å²) < 4.78 is 13.3. The highest BCUT2D eigenvalue weighted by atomic mass is 35.5. The smallest absolute Gasteiger partial charge is 0.229 e. The van der Waals surface area contributed by atoms with Gasteiger partial charge in [-0.2, -0.15) is 0 Å². The summed E-state index contributed by atoms with van der Waals surface area (Å²) in [7, 11) is 0. The monoisotopic (exact) mass is 409 g/mol. The molecule has 2 heterocycles. The number of piperidine rings is 1. The molecule has 1 aliphatic heterocycles. The normalized spacial score (nSPS) is 15.2. The second kappa shape index (κ2) is 8.35. The number of carbonyl (C=O) groups is 2. The van der Waals surface area contributed by atoms with Crippen LogP contribution in [0.15, 0.2) is 23.6 Å². The molecule has 3 rings (SSSR count). The molecule has 0 unspecified atom stereocenters. The first kappa shape index (κ1) is 19.8. The molecule has 1 aromatic carbocycles. The van der Waals surface area contributed by atoms with Gasteiger partial charge >= 0.3 is 0 Å². The van der Waals surface area contributed by atoms with Gasteiger partial charge in [0.1, 0.15) is 5.82 Å². The fourth-order valence-corrected chi connectivity index (χ4v) is 3.96. The number of nitrogens with zero attached hydrogens (tertiary/aromatic N) is 2. The van der Waals surface area contributed by atoms with E-state index in [-0.39, 0.29) is 28.7 Å². The van der Waals surface area contributed by atoms with Crippen molar-refractivity contribution in [2.24, 2.45) is 11.8 Å². The largest absolute Gasteiger partial charge is 0.342 e. The number of aromatic nitrogens is 1. The lowest BCUT2D eigenvalue weighted by Gasteiger charge is -2.32. The number of nitrogens with one attached hydrogen (secondary N) is 1. The molecular weight excluding hydrogens is 389 g/mol. The SMILES string of the molecule is CC(C)C(=O)N1CCC(C(=O)Nc2nc(-c3ccc(F)c(Cl)c3)cs2)CC1. The average molecular weight is 410 g/mol. The molecule has 0 atom stereocenters. The highest BCUT2D eigenvalue weighted by molar-refractivity contribution is 7.14. The second-order valence-corrected chi connectivity index (χ2v) is 8.18. The Hall–Kier alpha value is -1.99. The van der Waals surface area contributed by atoms with Crippen molar-refractivity contribution >= 4 is 39.9 Å². The maximum absolute atomic E-state index is 13.3. The van der Waals surface area contributed by atoms with Gasteiger partial charge < -0.3 is 10.2 Å². The molecule has 1 fully saturated rings. The van der Waals surface area contributed by atoms with E-state index >= 15 is 0 Å². The Morgan fingerprint density at radius 1 is 1.33 bits per heavy atom. The quantitative estimate of drug-likeness (QED) is 0.812. The minimum absolute atomic E-state index is 0.0240. The van der Waals surface area contributed by atoms with Crippen molar-refractivity contribution in [1.29, 1.82) is 0 Å². The summed E-state index contributed by atoms with van der Waals surface area (Å²) in [6.45, 7) is 4.98. The van der Waals surface area contributed by atoms with E-state index in [2.05, 4.69) is 10.3 Å². The highest BCUT2D eigenvalue weighted by Gasteiger charge is 2.28. The zero-order valence-electron chi connectivity index (χ0n) is 15.2. The van der Waals surface area contributed by atoms with Crippen molar-refractivity contribution in [3.63, 3.8) is 0 Å². The van der Waals surface area contributed by atoms with Crippen LogP contribution in [-0.2, 0) is 9.59 Å². The topological polar surface area (TPSA) is 62.3 Å². The predicted molar refractivity (Wildman–Crippen MR) is 105 cm³/mol. The van der Waals surface area contributed by atoms with Gasteiger partial charge in [0.15, 0.2) is 5.13 Å². The third-order valence-corrected chi connectivity index (χ3v) is 5.67. The Kier molecular flexibility index (Phi) is 6.11. The van der Waals surface area contributed by atoms with E-state index in [1.807, 2.05) is 18.7 Å². The van der Waals surface area contributed by atoms with Crippen LogP contribution in [0, 0.1) is 17.7 Å². The summed E-state index contributed by atoms with van der Waals surface area (Å²) in [6.07, 6.45) is 1.30.